The first-order valence-corrected chi connectivity index (χ1v) is 11.6. The molecule has 2 heterocycles. The zero-order chi connectivity index (χ0) is 23.0. The van der Waals surface area contributed by atoms with Gasteiger partial charge in [-0.15, -0.1) is 10.2 Å². The first kappa shape index (κ1) is 22.4. The Bertz CT molecular complexity index is 1230. The Morgan fingerprint density at radius 2 is 1.76 bits per heavy atom. The first-order valence-electron chi connectivity index (χ1n) is 10.6. The van der Waals surface area contributed by atoms with E-state index in [4.69, 9.17) is 0 Å². The van der Waals surface area contributed by atoms with Gasteiger partial charge in [-0.05, 0) is 48.7 Å². The highest BCUT2D eigenvalue weighted by atomic mass is 32.2. The van der Waals surface area contributed by atoms with E-state index in [0.717, 1.165) is 28.8 Å². The zero-order valence-electron chi connectivity index (χ0n) is 18.5. The molecule has 0 bridgehead atoms. The Labute approximate surface area is 197 Å². The lowest BCUT2D eigenvalue weighted by Gasteiger charge is -2.10. The van der Waals surface area contributed by atoms with Crippen LogP contribution in [0.4, 0.5) is 0 Å². The molecule has 4 aromatic rings. The average molecular weight is 457 g/mol. The molecule has 1 amide bonds. The summed E-state index contributed by atoms with van der Waals surface area (Å²) in [6, 6.07) is 19.9. The van der Waals surface area contributed by atoms with Gasteiger partial charge in [-0.1, -0.05) is 60.6 Å². The van der Waals surface area contributed by atoms with Crippen molar-refractivity contribution < 1.29 is 4.79 Å². The molecule has 0 radical (unpaired) electrons. The van der Waals surface area contributed by atoms with Crippen LogP contribution < -0.4 is 5.43 Å². The van der Waals surface area contributed by atoms with Crippen molar-refractivity contribution in [1.29, 1.82) is 0 Å². The van der Waals surface area contributed by atoms with Crippen LogP contribution >= 0.6 is 11.8 Å². The van der Waals surface area contributed by atoms with Crippen molar-refractivity contribution in [3.05, 3.63) is 89.7 Å². The van der Waals surface area contributed by atoms with E-state index < -0.39 is 0 Å². The number of thioether (sulfide) groups is 1. The number of aromatic nitrogens is 4. The third-order valence-corrected chi connectivity index (χ3v) is 5.92. The number of rotatable bonds is 8. The first-order chi connectivity index (χ1) is 16.1. The molecular weight excluding hydrogens is 432 g/mol. The SMILES string of the molecule is CCc1ccc(C=NNC(=O)CSc2nnc(-c3ccncc3)n2-c2ccc(C)cc2)cc1. The number of carbonyl (C=O) groups excluding carboxylic acids is 1. The van der Waals surface area contributed by atoms with E-state index in [0.29, 0.717) is 11.0 Å². The van der Waals surface area contributed by atoms with Crippen LogP contribution in [-0.4, -0.2) is 37.6 Å². The highest BCUT2D eigenvalue weighted by molar-refractivity contribution is 7.99. The second-order valence-electron chi connectivity index (χ2n) is 7.39. The summed E-state index contributed by atoms with van der Waals surface area (Å²) >= 11 is 1.31. The predicted octanol–water partition coefficient (Wildman–Crippen LogP) is 4.44. The number of benzene rings is 2. The van der Waals surface area contributed by atoms with Gasteiger partial charge in [0.1, 0.15) is 0 Å². The molecular formula is C25H24N6OS. The van der Waals surface area contributed by atoms with Gasteiger partial charge in [0.2, 0.25) is 0 Å². The van der Waals surface area contributed by atoms with Crippen LogP contribution in [0.15, 0.2) is 83.3 Å². The zero-order valence-corrected chi connectivity index (χ0v) is 19.3. The third-order valence-electron chi connectivity index (χ3n) is 4.99. The third kappa shape index (κ3) is 5.72. The number of carbonyl (C=O) groups is 1. The fourth-order valence-electron chi connectivity index (χ4n) is 3.16. The number of hydrogen-bond donors (Lipinski definition) is 1. The van der Waals surface area contributed by atoms with E-state index in [2.05, 4.69) is 44.8 Å². The van der Waals surface area contributed by atoms with E-state index in [-0.39, 0.29) is 11.7 Å². The second-order valence-corrected chi connectivity index (χ2v) is 8.33. The van der Waals surface area contributed by atoms with E-state index >= 15 is 0 Å². The van der Waals surface area contributed by atoms with Crippen LogP contribution in [0.3, 0.4) is 0 Å². The number of pyridine rings is 1. The van der Waals surface area contributed by atoms with Gasteiger partial charge < -0.3 is 0 Å². The summed E-state index contributed by atoms with van der Waals surface area (Å²) in [5.41, 5.74) is 7.75. The summed E-state index contributed by atoms with van der Waals surface area (Å²) in [7, 11) is 0. The standard InChI is InChI=1S/C25H24N6OS/c1-3-19-6-8-20(9-7-19)16-27-28-23(32)17-33-25-30-29-24(21-12-14-26-15-13-21)31(25)22-10-4-18(2)5-11-22/h4-16H,3,17H2,1-2H3,(H,28,32). The number of hydrazone groups is 1. The van der Waals surface area contributed by atoms with E-state index in [9.17, 15) is 4.79 Å². The molecule has 0 spiro atoms. The highest BCUT2D eigenvalue weighted by Gasteiger charge is 2.17. The molecule has 2 aromatic heterocycles. The largest absolute Gasteiger partial charge is 0.272 e. The Balaban J connectivity index is 1.47. The molecule has 0 fully saturated rings. The van der Waals surface area contributed by atoms with Gasteiger partial charge in [0.15, 0.2) is 11.0 Å². The second kappa shape index (κ2) is 10.7. The molecule has 0 aliphatic heterocycles. The van der Waals surface area contributed by atoms with Crippen LogP contribution in [0, 0.1) is 6.92 Å². The quantitative estimate of drug-likeness (QED) is 0.241. The molecule has 0 saturated heterocycles. The molecule has 8 heteroatoms. The fraction of sp³-hybridized carbons (Fsp3) is 0.160. The molecule has 0 aliphatic carbocycles. The lowest BCUT2D eigenvalue weighted by atomic mass is 10.1. The average Bonchev–Trinajstić information content (AvgIpc) is 3.28. The number of aryl methyl sites for hydroxylation is 2. The molecule has 1 N–H and O–H groups in total. The number of hydrogen-bond acceptors (Lipinski definition) is 6. The number of nitrogens with zero attached hydrogens (tertiary/aromatic N) is 5. The summed E-state index contributed by atoms with van der Waals surface area (Å²) in [5, 5.41) is 13.4. The van der Waals surface area contributed by atoms with E-state index in [1.165, 1.54) is 17.3 Å². The van der Waals surface area contributed by atoms with Crippen molar-refractivity contribution >= 4 is 23.9 Å². The molecule has 0 aliphatic rings. The van der Waals surface area contributed by atoms with Crippen molar-refractivity contribution in [2.45, 2.75) is 25.4 Å². The van der Waals surface area contributed by atoms with Crippen LogP contribution in [0.25, 0.3) is 17.1 Å². The molecule has 0 unspecified atom stereocenters. The van der Waals surface area contributed by atoms with Crippen LogP contribution in [0.2, 0.25) is 0 Å². The van der Waals surface area contributed by atoms with Crippen molar-refractivity contribution in [3.63, 3.8) is 0 Å². The van der Waals surface area contributed by atoms with Gasteiger partial charge in [-0.2, -0.15) is 5.10 Å². The summed E-state index contributed by atoms with van der Waals surface area (Å²) in [5.74, 6) is 0.634. The number of nitrogens with one attached hydrogen (secondary N) is 1. The van der Waals surface area contributed by atoms with Crippen molar-refractivity contribution in [1.82, 2.24) is 25.2 Å². The summed E-state index contributed by atoms with van der Waals surface area (Å²) in [6.45, 7) is 4.15. The van der Waals surface area contributed by atoms with Gasteiger partial charge in [-0.25, -0.2) is 5.43 Å². The maximum atomic E-state index is 12.4. The van der Waals surface area contributed by atoms with Crippen LogP contribution in [0.1, 0.15) is 23.6 Å². The fourth-order valence-corrected chi connectivity index (χ4v) is 3.90. The van der Waals surface area contributed by atoms with E-state index in [1.54, 1.807) is 18.6 Å². The van der Waals surface area contributed by atoms with Crippen molar-refractivity contribution in [2.24, 2.45) is 5.10 Å². The maximum absolute atomic E-state index is 12.4. The molecule has 0 saturated carbocycles. The molecule has 33 heavy (non-hydrogen) atoms. The van der Waals surface area contributed by atoms with Gasteiger partial charge in [0.25, 0.3) is 5.91 Å². The van der Waals surface area contributed by atoms with Crippen LogP contribution in [-0.2, 0) is 11.2 Å². The minimum atomic E-state index is -0.217. The predicted molar refractivity (Wildman–Crippen MR) is 132 cm³/mol. The summed E-state index contributed by atoms with van der Waals surface area (Å²) in [4.78, 5) is 16.4. The maximum Gasteiger partial charge on any atom is 0.250 e. The van der Waals surface area contributed by atoms with Crippen LogP contribution in [0.5, 0.6) is 0 Å². The summed E-state index contributed by atoms with van der Waals surface area (Å²) in [6.07, 6.45) is 6.06. The monoisotopic (exact) mass is 456 g/mol. The Morgan fingerprint density at radius 3 is 2.45 bits per heavy atom. The van der Waals surface area contributed by atoms with Gasteiger partial charge in [-0.3, -0.25) is 14.3 Å². The topological polar surface area (TPSA) is 85.1 Å². The smallest absolute Gasteiger partial charge is 0.250 e. The molecule has 4 rings (SSSR count). The van der Waals surface area contributed by atoms with Gasteiger partial charge in [0, 0.05) is 23.6 Å². The van der Waals surface area contributed by atoms with E-state index in [1.807, 2.05) is 60.0 Å². The normalized spacial score (nSPS) is 11.1. The Morgan fingerprint density at radius 1 is 1.03 bits per heavy atom. The number of amides is 1. The minimum absolute atomic E-state index is 0.159. The Hall–Kier alpha value is -3.78. The summed E-state index contributed by atoms with van der Waals surface area (Å²) < 4.78 is 1.95. The van der Waals surface area contributed by atoms with Crippen molar-refractivity contribution in [3.8, 4) is 17.1 Å². The molecule has 7 nitrogen and oxygen atoms in total. The lowest BCUT2D eigenvalue weighted by molar-refractivity contribution is -0.118. The highest BCUT2D eigenvalue weighted by Crippen LogP contribution is 2.27. The van der Waals surface area contributed by atoms with Crippen molar-refractivity contribution in [2.75, 3.05) is 5.75 Å². The minimum Gasteiger partial charge on any atom is -0.272 e. The molecule has 166 valence electrons. The Kier molecular flexibility index (Phi) is 7.26. The lowest BCUT2D eigenvalue weighted by Crippen LogP contribution is -2.20. The molecule has 0 atom stereocenters. The van der Waals surface area contributed by atoms with Gasteiger partial charge in [0.05, 0.1) is 12.0 Å². The molecule has 2 aromatic carbocycles. The van der Waals surface area contributed by atoms with Gasteiger partial charge >= 0.3 is 0 Å².